The van der Waals surface area contributed by atoms with Crippen LogP contribution in [0.2, 0.25) is 0 Å². The van der Waals surface area contributed by atoms with Gasteiger partial charge in [-0.1, -0.05) is 0 Å². The third kappa shape index (κ3) is 2.82. The first-order valence-corrected chi connectivity index (χ1v) is 7.13. The van der Waals surface area contributed by atoms with E-state index in [1.165, 1.54) is 11.3 Å². The minimum atomic E-state index is -0.0200. The van der Waals surface area contributed by atoms with E-state index in [0.717, 1.165) is 25.2 Å². The van der Waals surface area contributed by atoms with Gasteiger partial charge in [0.2, 0.25) is 5.91 Å². The minimum absolute atomic E-state index is 0.0200. The lowest BCUT2D eigenvalue weighted by Crippen LogP contribution is -2.33. The lowest BCUT2D eigenvalue weighted by Gasteiger charge is -2.21. The van der Waals surface area contributed by atoms with E-state index in [0.29, 0.717) is 11.7 Å². The van der Waals surface area contributed by atoms with Gasteiger partial charge in [0.15, 0.2) is 5.13 Å². The van der Waals surface area contributed by atoms with E-state index in [2.05, 4.69) is 25.2 Å². The van der Waals surface area contributed by atoms with Crippen LogP contribution in [0.25, 0.3) is 0 Å². The summed E-state index contributed by atoms with van der Waals surface area (Å²) >= 11 is 1.43. The van der Waals surface area contributed by atoms with Gasteiger partial charge in [-0.25, -0.2) is 9.97 Å². The van der Waals surface area contributed by atoms with Crippen molar-refractivity contribution in [1.82, 2.24) is 19.9 Å². The van der Waals surface area contributed by atoms with E-state index >= 15 is 0 Å². The van der Waals surface area contributed by atoms with Gasteiger partial charge < -0.3 is 10.3 Å². The Hall–Kier alpha value is -1.73. The third-order valence-electron chi connectivity index (χ3n) is 3.22. The molecule has 1 unspecified atom stereocenters. The zero-order valence-electron chi connectivity index (χ0n) is 10.4. The number of carbonyl (C=O) groups is 1. The van der Waals surface area contributed by atoms with Gasteiger partial charge >= 0.3 is 0 Å². The van der Waals surface area contributed by atoms with Gasteiger partial charge in [-0.15, -0.1) is 11.3 Å². The van der Waals surface area contributed by atoms with Gasteiger partial charge in [0.05, 0.1) is 12.6 Å². The van der Waals surface area contributed by atoms with Crippen molar-refractivity contribution >= 4 is 22.4 Å². The monoisotopic (exact) mass is 277 g/mol. The SMILES string of the molecule is O=C(CN1CCCC1c1ncc[nH]1)Nc1nccs1. The van der Waals surface area contributed by atoms with Crippen LogP contribution in [0.4, 0.5) is 5.13 Å². The largest absolute Gasteiger partial charge is 0.347 e. The molecule has 0 bridgehead atoms. The summed E-state index contributed by atoms with van der Waals surface area (Å²) in [6, 6.07) is 0.219. The normalized spacial score (nSPS) is 19.7. The van der Waals surface area contributed by atoms with Crippen LogP contribution < -0.4 is 5.32 Å². The summed E-state index contributed by atoms with van der Waals surface area (Å²) < 4.78 is 0. The van der Waals surface area contributed by atoms with Gasteiger partial charge in [-0.3, -0.25) is 9.69 Å². The molecule has 0 spiro atoms. The van der Waals surface area contributed by atoms with Crippen molar-refractivity contribution in [3.63, 3.8) is 0 Å². The topological polar surface area (TPSA) is 73.9 Å². The Bertz CT molecular complexity index is 524. The molecule has 0 saturated carbocycles. The summed E-state index contributed by atoms with van der Waals surface area (Å²) in [5.74, 6) is 0.924. The summed E-state index contributed by atoms with van der Waals surface area (Å²) in [6.07, 6.45) is 7.39. The summed E-state index contributed by atoms with van der Waals surface area (Å²) in [5.41, 5.74) is 0. The number of H-pyrrole nitrogens is 1. The summed E-state index contributed by atoms with van der Waals surface area (Å²) in [7, 11) is 0. The van der Waals surface area contributed by atoms with Crippen molar-refractivity contribution < 1.29 is 4.79 Å². The van der Waals surface area contributed by atoms with Crippen LogP contribution in [0, 0.1) is 0 Å². The Balaban J connectivity index is 1.61. The van der Waals surface area contributed by atoms with Crippen LogP contribution in [0.3, 0.4) is 0 Å². The average Bonchev–Trinajstić information content (AvgIpc) is 3.09. The highest BCUT2D eigenvalue weighted by atomic mass is 32.1. The molecule has 1 saturated heterocycles. The predicted molar refractivity (Wildman–Crippen MR) is 72.9 cm³/mol. The Morgan fingerprint density at radius 2 is 2.47 bits per heavy atom. The molecule has 1 aliphatic rings. The smallest absolute Gasteiger partial charge is 0.240 e. The molecule has 19 heavy (non-hydrogen) atoms. The number of likely N-dealkylation sites (tertiary alicyclic amines) is 1. The zero-order chi connectivity index (χ0) is 13.1. The standard InChI is InChI=1S/C12H15N5OS/c18-10(16-12-15-5-7-19-12)8-17-6-1-2-9(17)11-13-3-4-14-11/h3-5,7,9H,1-2,6,8H2,(H,13,14)(H,15,16,18). The van der Waals surface area contributed by atoms with Gasteiger partial charge in [0.25, 0.3) is 0 Å². The molecule has 0 aromatic carbocycles. The van der Waals surface area contributed by atoms with Gasteiger partial charge in [0, 0.05) is 24.0 Å². The van der Waals surface area contributed by atoms with Crippen LogP contribution in [0.1, 0.15) is 24.7 Å². The Morgan fingerprint density at radius 3 is 3.21 bits per heavy atom. The number of nitrogens with zero attached hydrogens (tertiary/aromatic N) is 3. The van der Waals surface area contributed by atoms with Crippen LogP contribution in [0.15, 0.2) is 24.0 Å². The number of imidazole rings is 1. The average molecular weight is 277 g/mol. The Labute approximate surface area is 114 Å². The molecule has 100 valence electrons. The Morgan fingerprint density at radius 1 is 1.53 bits per heavy atom. The fourth-order valence-electron chi connectivity index (χ4n) is 2.41. The molecule has 3 heterocycles. The van der Waals surface area contributed by atoms with E-state index in [1.54, 1.807) is 12.4 Å². The molecule has 1 fully saturated rings. The van der Waals surface area contributed by atoms with E-state index in [4.69, 9.17) is 0 Å². The van der Waals surface area contributed by atoms with Crippen molar-refractivity contribution in [3.8, 4) is 0 Å². The number of carbonyl (C=O) groups excluding carboxylic acids is 1. The maximum Gasteiger partial charge on any atom is 0.240 e. The zero-order valence-corrected chi connectivity index (χ0v) is 11.2. The summed E-state index contributed by atoms with van der Waals surface area (Å²) in [6.45, 7) is 1.31. The van der Waals surface area contributed by atoms with Crippen molar-refractivity contribution in [2.75, 3.05) is 18.4 Å². The first kappa shape index (κ1) is 12.3. The lowest BCUT2D eigenvalue weighted by molar-refractivity contribution is -0.117. The number of thiazole rings is 1. The molecule has 0 aliphatic carbocycles. The summed E-state index contributed by atoms with van der Waals surface area (Å²) in [4.78, 5) is 25.6. The van der Waals surface area contributed by atoms with Crippen LogP contribution >= 0.6 is 11.3 Å². The molecule has 0 radical (unpaired) electrons. The van der Waals surface area contributed by atoms with Gasteiger partial charge in [0.1, 0.15) is 5.82 Å². The molecule has 6 nitrogen and oxygen atoms in total. The maximum absolute atomic E-state index is 12.0. The number of hydrogen-bond donors (Lipinski definition) is 2. The number of aromatic nitrogens is 3. The molecule has 3 rings (SSSR count). The highest BCUT2D eigenvalue weighted by molar-refractivity contribution is 7.13. The maximum atomic E-state index is 12.0. The molecular formula is C12H15N5OS. The van der Waals surface area contributed by atoms with Crippen LogP contribution in [-0.4, -0.2) is 38.8 Å². The first-order chi connectivity index (χ1) is 9.33. The second-order valence-corrected chi connectivity index (χ2v) is 5.38. The van der Waals surface area contributed by atoms with Crippen molar-refractivity contribution in [3.05, 3.63) is 29.8 Å². The van der Waals surface area contributed by atoms with Crippen molar-refractivity contribution in [2.24, 2.45) is 0 Å². The van der Waals surface area contributed by atoms with Crippen molar-refractivity contribution in [1.29, 1.82) is 0 Å². The molecule has 1 aliphatic heterocycles. The number of hydrogen-bond acceptors (Lipinski definition) is 5. The summed E-state index contributed by atoms with van der Waals surface area (Å²) in [5, 5.41) is 5.31. The molecule has 7 heteroatoms. The molecular weight excluding hydrogens is 262 g/mol. The first-order valence-electron chi connectivity index (χ1n) is 6.25. The number of aromatic amines is 1. The van der Waals surface area contributed by atoms with Gasteiger partial charge in [-0.2, -0.15) is 0 Å². The van der Waals surface area contributed by atoms with Crippen LogP contribution in [0.5, 0.6) is 0 Å². The quantitative estimate of drug-likeness (QED) is 0.891. The number of rotatable bonds is 4. The third-order valence-corrected chi connectivity index (χ3v) is 3.91. The van der Waals surface area contributed by atoms with E-state index in [9.17, 15) is 4.79 Å². The lowest BCUT2D eigenvalue weighted by atomic mass is 10.2. The molecule has 2 aromatic rings. The fourth-order valence-corrected chi connectivity index (χ4v) is 2.96. The fraction of sp³-hybridized carbons (Fsp3) is 0.417. The minimum Gasteiger partial charge on any atom is -0.347 e. The van der Waals surface area contributed by atoms with Gasteiger partial charge in [-0.05, 0) is 19.4 Å². The number of amides is 1. The van der Waals surface area contributed by atoms with Crippen LogP contribution in [-0.2, 0) is 4.79 Å². The Kier molecular flexibility index (Phi) is 3.56. The highest BCUT2D eigenvalue weighted by Crippen LogP contribution is 2.29. The second-order valence-electron chi connectivity index (χ2n) is 4.49. The van der Waals surface area contributed by atoms with E-state index in [1.807, 2.05) is 11.6 Å². The van der Waals surface area contributed by atoms with E-state index in [-0.39, 0.29) is 11.9 Å². The number of anilines is 1. The predicted octanol–water partition coefficient (Wildman–Crippen LogP) is 1.64. The molecule has 1 amide bonds. The van der Waals surface area contributed by atoms with E-state index < -0.39 is 0 Å². The molecule has 2 N–H and O–H groups in total. The van der Waals surface area contributed by atoms with Crippen molar-refractivity contribution in [2.45, 2.75) is 18.9 Å². The molecule has 2 aromatic heterocycles. The second kappa shape index (κ2) is 5.50. The molecule has 1 atom stereocenters. The number of nitrogens with one attached hydrogen (secondary N) is 2. The highest BCUT2D eigenvalue weighted by Gasteiger charge is 2.29.